The van der Waals surface area contributed by atoms with Crippen LogP contribution < -0.4 is 10.6 Å². The van der Waals surface area contributed by atoms with E-state index in [0.29, 0.717) is 39.1 Å². The number of nitrogens with one attached hydrogen (secondary N) is 2. The zero-order valence-electron chi connectivity index (χ0n) is 16.0. The predicted molar refractivity (Wildman–Crippen MR) is 102 cm³/mol. The summed E-state index contributed by atoms with van der Waals surface area (Å²) in [6.07, 6.45) is 0.931. The van der Waals surface area contributed by atoms with Gasteiger partial charge in [-0.2, -0.15) is 5.26 Å². The third-order valence-electron chi connectivity index (χ3n) is 4.37. The van der Waals surface area contributed by atoms with E-state index in [-0.39, 0.29) is 17.9 Å². The second kappa shape index (κ2) is 10.5. The first-order chi connectivity index (χ1) is 13.0. The van der Waals surface area contributed by atoms with Crippen molar-refractivity contribution < 1.29 is 14.3 Å². The lowest BCUT2D eigenvalue weighted by Crippen LogP contribution is -2.55. The summed E-state index contributed by atoms with van der Waals surface area (Å²) < 4.78 is 5.27. The summed E-state index contributed by atoms with van der Waals surface area (Å²) in [5.74, 6) is -0.0573. The number of hydrogen-bond acceptors (Lipinski definition) is 4. The molecule has 0 unspecified atom stereocenters. The van der Waals surface area contributed by atoms with E-state index < -0.39 is 12.1 Å². The van der Waals surface area contributed by atoms with E-state index in [1.807, 2.05) is 44.2 Å². The van der Waals surface area contributed by atoms with Crippen molar-refractivity contribution >= 4 is 11.9 Å². The molecular formula is C20H28N4O3. The number of carbonyl (C=O) groups excluding carboxylic acids is 2. The minimum Gasteiger partial charge on any atom is -0.378 e. The third kappa shape index (κ3) is 6.91. The highest BCUT2D eigenvalue weighted by atomic mass is 16.5. The zero-order valence-corrected chi connectivity index (χ0v) is 16.0. The number of carbonyl (C=O) groups is 2. The number of nitrogens with zero attached hydrogens (tertiary/aromatic N) is 2. The van der Waals surface area contributed by atoms with Crippen molar-refractivity contribution in [2.24, 2.45) is 5.92 Å². The summed E-state index contributed by atoms with van der Waals surface area (Å²) in [4.78, 5) is 27.0. The quantitative estimate of drug-likeness (QED) is 0.762. The number of amides is 3. The van der Waals surface area contributed by atoms with E-state index in [4.69, 9.17) is 4.74 Å². The van der Waals surface area contributed by atoms with E-state index in [2.05, 4.69) is 16.7 Å². The largest absolute Gasteiger partial charge is 0.378 e. The standard InChI is InChI=1S/C20H28N4O3/c1-15(2)12-17(14-21)22-19(25)18(13-16-6-4-3-5-7-16)23-20(26)24-8-10-27-11-9-24/h3-7,15,17-18H,8-13H2,1-2H3,(H,22,25)(H,23,26)/t17-,18-/m0/s1. The Bertz CT molecular complexity index is 651. The number of nitriles is 1. The SMILES string of the molecule is CC(C)C[C@@H](C#N)NC(=O)[C@H](Cc1ccccc1)NC(=O)N1CCOCC1. The van der Waals surface area contributed by atoms with Crippen LogP contribution in [0.2, 0.25) is 0 Å². The Morgan fingerprint density at radius 3 is 2.44 bits per heavy atom. The van der Waals surface area contributed by atoms with Crippen molar-refractivity contribution in [2.75, 3.05) is 26.3 Å². The van der Waals surface area contributed by atoms with E-state index in [9.17, 15) is 14.9 Å². The zero-order chi connectivity index (χ0) is 19.6. The second-order valence-electron chi connectivity index (χ2n) is 7.11. The first kappa shape index (κ1) is 20.7. The summed E-state index contributed by atoms with van der Waals surface area (Å²) in [5, 5.41) is 14.9. The van der Waals surface area contributed by atoms with Crippen LogP contribution in [-0.2, 0) is 16.0 Å². The summed E-state index contributed by atoms with van der Waals surface area (Å²) in [7, 11) is 0. The van der Waals surface area contributed by atoms with E-state index in [1.165, 1.54) is 0 Å². The maximum absolute atomic E-state index is 12.8. The number of urea groups is 1. The maximum Gasteiger partial charge on any atom is 0.318 e. The van der Waals surface area contributed by atoms with Crippen molar-refractivity contribution in [1.29, 1.82) is 5.26 Å². The van der Waals surface area contributed by atoms with Crippen LogP contribution in [0.3, 0.4) is 0 Å². The fourth-order valence-corrected chi connectivity index (χ4v) is 2.95. The van der Waals surface area contributed by atoms with Gasteiger partial charge in [0.2, 0.25) is 5.91 Å². The van der Waals surface area contributed by atoms with Crippen molar-refractivity contribution in [1.82, 2.24) is 15.5 Å². The molecule has 27 heavy (non-hydrogen) atoms. The Balaban J connectivity index is 2.07. The average molecular weight is 372 g/mol. The highest BCUT2D eigenvalue weighted by Crippen LogP contribution is 2.08. The first-order valence-corrected chi connectivity index (χ1v) is 9.36. The molecule has 7 heteroatoms. The van der Waals surface area contributed by atoms with E-state index in [1.54, 1.807) is 4.90 Å². The molecule has 0 spiro atoms. The van der Waals surface area contributed by atoms with E-state index >= 15 is 0 Å². The molecule has 0 aliphatic carbocycles. The van der Waals surface area contributed by atoms with Crippen molar-refractivity contribution in [2.45, 2.75) is 38.8 Å². The number of morpholine rings is 1. The van der Waals surface area contributed by atoms with Gasteiger partial charge in [0.1, 0.15) is 12.1 Å². The highest BCUT2D eigenvalue weighted by Gasteiger charge is 2.26. The first-order valence-electron chi connectivity index (χ1n) is 9.36. The van der Waals surface area contributed by atoms with Crippen molar-refractivity contribution in [3.8, 4) is 6.07 Å². The average Bonchev–Trinajstić information content (AvgIpc) is 2.68. The fraction of sp³-hybridized carbons (Fsp3) is 0.550. The Hall–Kier alpha value is -2.59. The molecule has 146 valence electrons. The lowest BCUT2D eigenvalue weighted by Gasteiger charge is -2.29. The smallest absolute Gasteiger partial charge is 0.318 e. The van der Waals surface area contributed by atoms with Gasteiger partial charge >= 0.3 is 6.03 Å². The fourth-order valence-electron chi connectivity index (χ4n) is 2.95. The lowest BCUT2D eigenvalue weighted by molar-refractivity contribution is -0.123. The predicted octanol–water partition coefficient (Wildman–Crippen LogP) is 1.69. The summed E-state index contributed by atoms with van der Waals surface area (Å²) in [6.45, 7) is 5.98. The molecule has 1 saturated heterocycles. The molecule has 2 atom stereocenters. The molecule has 1 aromatic carbocycles. The molecule has 0 saturated carbocycles. The van der Waals surface area contributed by atoms with Gasteiger partial charge in [0.05, 0.1) is 19.3 Å². The van der Waals surface area contributed by atoms with Gasteiger partial charge in [0.25, 0.3) is 0 Å². The monoisotopic (exact) mass is 372 g/mol. The molecule has 1 fully saturated rings. The molecule has 2 rings (SSSR count). The van der Waals surface area contributed by atoms with Gasteiger partial charge in [-0.15, -0.1) is 0 Å². The molecular weight excluding hydrogens is 344 g/mol. The lowest BCUT2D eigenvalue weighted by atomic mass is 10.0. The van der Waals surface area contributed by atoms with Gasteiger partial charge in [-0.05, 0) is 17.9 Å². The number of hydrogen-bond donors (Lipinski definition) is 2. The van der Waals surface area contributed by atoms with Crippen LogP contribution in [0, 0.1) is 17.2 Å². The Morgan fingerprint density at radius 2 is 1.85 bits per heavy atom. The van der Waals surface area contributed by atoms with Gasteiger partial charge < -0.3 is 20.3 Å². The Morgan fingerprint density at radius 1 is 1.19 bits per heavy atom. The van der Waals surface area contributed by atoms with Gasteiger partial charge in [-0.1, -0.05) is 44.2 Å². The Kier molecular flexibility index (Phi) is 8.08. The molecule has 7 nitrogen and oxygen atoms in total. The molecule has 1 aliphatic heterocycles. The molecule has 3 amide bonds. The molecule has 1 aromatic rings. The van der Waals surface area contributed by atoms with Crippen molar-refractivity contribution in [3.63, 3.8) is 0 Å². The molecule has 1 aliphatic rings. The maximum atomic E-state index is 12.8. The van der Waals surface area contributed by atoms with Crippen LogP contribution in [0.25, 0.3) is 0 Å². The van der Waals surface area contributed by atoms with Crippen LogP contribution in [0.5, 0.6) is 0 Å². The minimum atomic E-state index is -0.745. The molecule has 1 heterocycles. The highest BCUT2D eigenvalue weighted by molar-refractivity contribution is 5.87. The third-order valence-corrected chi connectivity index (χ3v) is 4.37. The summed E-state index contributed by atoms with van der Waals surface area (Å²) >= 11 is 0. The number of benzene rings is 1. The number of ether oxygens (including phenoxy) is 1. The topological polar surface area (TPSA) is 94.5 Å². The van der Waals surface area contributed by atoms with E-state index in [0.717, 1.165) is 5.56 Å². The van der Waals surface area contributed by atoms with Gasteiger partial charge in [0, 0.05) is 19.5 Å². The minimum absolute atomic E-state index is 0.283. The van der Waals surface area contributed by atoms with Gasteiger partial charge in [-0.25, -0.2) is 4.79 Å². The summed E-state index contributed by atoms with van der Waals surface area (Å²) in [5.41, 5.74) is 0.942. The van der Waals surface area contributed by atoms with Gasteiger partial charge in [0.15, 0.2) is 0 Å². The molecule has 2 N–H and O–H groups in total. The van der Waals surface area contributed by atoms with Crippen LogP contribution in [-0.4, -0.2) is 55.2 Å². The van der Waals surface area contributed by atoms with Crippen LogP contribution in [0.1, 0.15) is 25.8 Å². The van der Waals surface area contributed by atoms with Crippen LogP contribution >= 0.6 is 0 Å². The Labute approximate surface area is 160 Å². The van der Waals surface area contributed by atoms with Crippen LogP contribution in [0.4, 0.5) is 4.79 Å². The normalized spacial score (nSPS) is 16.3. The molecule has 0 radical (unpaired) electrons. The summed E-state index contributed by atoms with van der Waals surface area (Å²) in [6, 6.07) is 10.0. The second-order valence-corrected chi connectivity index (χ2v) is 7.11. The van der Waals surface area contributed by atoms with Gasteiger partial charge in [-0.3, -0.25) is 4.79 Å². The number of rotatable bonds is 7. The molecule has 0 bridgehead atoms. The van der Waals surface area contributed by atoms with Crippen molar-refractivity contribution in [3.05, 3.63) is 35.9 Å². The van der Waals surface area contributed by atoms with Crippen LogP contribution in [0.15, 0.2) is 30.3 Å². The molecule has 0 aromatic heterocycles.